The molecule has 6 nitrogen and oxygen atoms in total. The second-order valence-electron chi connectivity index (χ2n) is 7.20. The number of nitrogens with zero attached hydrogens (tertiary/aromatic N) is 3. The lowest BCUT2D eigenvalue weighted by molar-refractivity contribution is -0.137. The zero-order valence-corrected chi connectivity index (χ0v) is 15.1. The minimum absolute atomic E-state index is 0.195. The van der Waals surface area contributed by atoms with E-state index in [1.54, 1.807) is 6.92 Å². The molecular formula is C19H19F3N4O2. The van der Waals surface area contributed by atoms with Crippen LogP contribution in [0, 0.1) is 5.92 Å². The van der Waals surface area contributed by atoms with Crippen LogP contribution in [-0.2, 0) is 19.2 Å². The van der Waals surface area contributed by atoms with E-state index in [9.17, 15) is 23.1 Å². The Hall–Kier alpha value is -2.68. The number of rotatable bonds is 5. The van der Waals surface area contributed by atoms with Gasteiger partial charge >= 0.3 is 6.18 Å². The molecule has 1 atom stereocenters. The number of fused-ring (bicyclic) bond motifs is 1. The number of H-pyrrole nitrogens is 1. The van der Waals surface area contributed by atoms with Crippen molar-refractivity contribution in [3.05, 3.63) is 57.3 Å². The monoisotopic (exact) mass is 392 g/mol. The number of alkyl halides is 3. The van der Waals surface area contributed by atoms with Crippen molar-refractivity contribution in [2.24, 2.45) is 5.92 Å². The van der Waals surface area contributed by atoms with Crippen LogP contribution >= 0.6 is 0 Å². The first-order valence-electron chi connectivity index (χ1n) is 9.06. The average Bonchev–Trinajstić information content (AvgIpc) is 3.38. The molecule has 28 heavy (non-hydrogen) atoms. The highest BCUT2D eigenvalue weighted by atomic mass is 19.4. The fraction of sp³-hybridized carbons (Fsp3) is 0.421. The molecule has 2 aromatic heterocycles. The van der Waals surface area contributed by atoms with E-state index in [1.807, 2.05) is 0 Å². The Morgan fingerprint density at radius 2 is 1.96 bits per heavy atom. The summed E-state index contributed by atoms with van der Waals surface area (Å²) >= 11 is 0. The zero-order valence-electron chi connectivity index (χ0n) is 15.1. The first-order chi connectivity index (χ1) is 13.3. The van der Waals surface area contributed by atoms with E-state index >= 15 is 0 Å². The maximum absolute atomic E-state index is 12.8. The van der Waals surface area contributed by atoms with Crippen LogP contribution < -0.4 is 5.56 Å². The van der Waals surface area contributed by atoms with Gasteiger partial charge in [-0.1, -0.05) is 12.1 Å². The largest absolute Gasteiger partial charge is 0.416 e. The molecule has 9 heteroatoms. The number of hydrogen-bond donors (Lipinski definition) is 2. The normalized spacial score (nSPS) is 15.9. The highest BCUT2D eigenvalue weighted by Gasteiger charge is 2.30. The van der Waals surface area contributed by atoms with Crippen molar-refractivity contribution in [3.8, 4) is 0 Å². The lowest BCUT2D eigenvalue weighted by atomic mass is 10.1. The Balaban J connectivity index is 1.78. The van der Waals surface area contributed by atoms with Crippen LogP contribution in [0.25, 0.3) is 11.0 Å². The minimum atomic E-state index is -4.41. The number of halogens is 3. The van der Waals surface area contributed by atoms with Crippen molar-refractivity contribution in [3.63, 3.8) is 0 Å². The summed E-state index contributed by atoms with van der Waals surface area (Å²) in [6.45, 7) is 1.33. The predicted octanol–water partition coefficient (Wildman–Crippen LogP) is 3.19. The first-order valence-corrected chi connectivity index (χ1v) is 9.06. The summed E-state index contributed by atoms with van der Waals surface area (Å²) in [6.07, 6.45) is -1.54. The SMILES string of the molecule is C[C@H](c1ccc(C(F)(F)F)cc1)n1nc(CO)c2c(=O)[nH]c(CC3CC3)nc21. The number of aromatic nitrogens is 4. The first kappa shape index (κ1) is 18.7. The molecule has 1 aliphatic rings. The van der Waals surface area contributed by atoms with Gasteiger partial charge in [0.1, 0.15) is 16.9 Å². The van der Waals surface area contributed by atoms with Gasteiger partial charge in [-0.3, -0.25) is 4.79 Å². The molecule has 0 saturated heterocycles. The van der Waals surface area contributed by atoms with Gasteiger partial charge in [-0.15, -0.1) is 0 Å². The van der Waals surface area contributed by atoms with Crippen LogP contribution in [0.15, 0.2) is 29.1 Å². The third-order valence-corrected chi connectivity index (χ3v) is 5.10. The van der Waals surface area contributed by atoms with Crippen LogP contribution in [0.3, 0.4) is 0 Å². The van der Waals surface area contributed by atoms with E-state index in [2.05, 4.69) is 15.1 Å². The van der Waals surface area contributed by atoms with Crippen molar-refractivity contribution in [2.45, 2.75) is 45.0 Å². The molecule has 2 heterocycles. The summed E-state index contributed by atoms with van der Waals surface area (Å²) < 4.78 is 39.9. The van der Waals surface area contributed by atoms with Gasteiger partial charge in [0.25, 0.3) is 5.56 Å². The van der Waals surface area contributed by atoms with Gasteiger partial charge in [-0.05, 0) is 43.4 Å². The highest BCUT2D eigenvalue weighted by molar-refractivity contribution is 5.77. The van der Waals surface area contributed by atoms with E-state index < -0.39 is 24.4 Å². The van der Waals surface area contributed by atoms with Crippen molar-refractivity contribution in [1.29, 1.82) is 0 Å². The summed E-state index contributed by atoms with van der Waals surface area (Å²) in [4.78, 5) is 19.8. The Kier molecular flexibility index (Phi) is 4.49. The van der Waals surface area contributed by atoms with E-state index in [-0.39, 0.29) is 16.6 Å². The summed E-state index contributed by atoms with van der Waals surface area (Å²) in [5.41, 5.74) is 0.0192. The molecule has 3 aromatic rings. The molecule has 0 unspecified atom stereocenters. The fourth-order valence-corrected chi connectivity index (χ4v) is 3.32. The van der Waals surface area contributed by atoms with Gasteiger partial charge in [0, 0.05) is 6.42 Å². The molecule has 148 valence electrons. The molecule has 0 aliphatic heterocycles. The molecule has 1 aliphatic carbocycles. The lowest BCUT2D eigenvalue weighted by Crippen LogP contribution is -2.15. The number of nitrogens with one attached hydrogen (secondary N) is 1. The molecule has 0 bridgehead atoms. The van der Waals surface area contributed by atoms with Gasteiger partial charge in [0.15, 0.2) is 5.65 Å². The highest BCUT2D eigenvalue weighted by Crippen LogP contribution is 2.33. The van der Waals surface area contributed by atoms with Gasteiger partial charge in [-0.25, -0.2) is 9.67 Å². The summed E-state index contributed by atoms with van der Waals surface area (Å²) in [5, 5.41) is 14.1. The summed E-state index contributed by atoms with van der Waals surface area (Å²) in [5.74, 6) is 1.08. The Labute approximate surface area is 158 Å². The van der Waals surface area contributed by atoms with Gasteiger partial charge in [0.2, 0.25) is 0 Å². The molecule has 4 rings (SSSR count). The molecule has 0 radical (unpaired) electrons. The van der Waals surface area contributed by atoms with Gasteiger partial charge < -0.3 is 10.1 Å². The Morgan fingerprint density at radius 1 is 1.29 bits per heavy atom. The van der Waals surface area contributed by atoms with Crippen molar-refractivity contribution in [1.82, 2.24) is 19.7 Å². The average molecular weight is 392 g/mol. The molecule has 1 saturated carbocycles. The number of aromatic amines is 1. The molecule has 1 aromatic carbocycles. The molecule has 0 amide bonds. The van der Waals surface area contributed by atoms with Crippen LogP contribution in [0.5, 0.6) is 0 Å². The smallest absolute Gasteiger partial charge is 0.390 e. The molecular weight excluding hydrogens is 373 g/mol. The zero-order chi connectivity index (χ0) is 20.1. The number of benzene rings is 1. The third kappa shape index (κ3) is 3.42. The number of aliphatic hydroxyl groups excluding tert-OH is 1. The number of aliphatic hydroxyl groups is 1. The van der Waals surface area contributed by atoms with Crippen molar-refractivity contribution in [2.75, 3.05) is 0 Å². The van der Waals surface area contributed by atoms with Gasteiger partial charge in [-0.2, -0.15) is 18.3 Å². The Bertz CT molecular complexity index is 1070. The summed E-state index contributed by atoms with van der Waals surface area (Å²) in [7, 11) is 0. The topological polar surface area (TPSA) is 83.8 Å². The van der Waals surface area contributed by atoms with E-state index in [1.165, 1.54) is 16.8 Å². The van der Waals surface area contributed by atoms with Crippen molar-refractivity contribution < 1.29 is 18.3 Å². The quantitative estimate of drug-likeness (QED) is 0.699. The summed E-state index contributed by atoms with van der Waals surface area (Å²) in [6, 6.07) is 4.34. The van der Waals surface area contributed by atoms with E-state index in [0.29, 0.717) is 29.4 Å². The Morgan fingerprint density at radius 3 is 2.54 bits per heavy atom. The standard InChI is InChI=1S/C19H19F3N4O2/c1-10(12-4-6-13(7-5-12)19(20,21)22)26-17-16(14(9-27)25-26)18(28)24-15(23-17)8-11-2-3-11/h4-7,10-11,27H,2-3,8-9H2,1H3,(H,23,24,28)/t10-/m1/s1. The fourth-order valence-electron chi connectivity index (χ4n) is 3.32. The van der Waals surface area contributed by atoms with E-state index in [4.69, 9.17) is 0 Å². The molecule has 1 fully saturated rings. The predicted molar refractivity (Wildman–Crippen MR) is 95.8 cm³/mol. The second-order valence-corrected chi connectivity index (χ2v) is 7.20. The van der Waals surface area contributed by atoms with Crippen LogP contribution in [0.4, 0.5) is 13.2 Å². The maximum Gasteiger partial charge on any atom is 0.416 e. The lowest BCUT2D eigenvalue weighted by Gasteiger charge is -2.15. The van der Waals surface area contributed by atoms with Crippen LogP contribution in [-0.4, -0.2) is 24.9 Å². The van der Waals surface area contributed by atoms with E-state index in [0.717, 1.165) is 25.0 Å². The number of hydrogen-bond acceptors (Lipinski definition) is 4. The second kappa shape index (κ2) is 6.73. The molecule has 0 spiro atoms. The molecule has 2 N–H and O–H groups in total. The van der Waals surface area contributed by atoms with Crippen molar-refractivity contribution >= 4 is 11.0 Å². The van der Waals surface area contributed by atoms with Crippen LogP contribution in [0.1, 0.15) is 48.5 Å². The van der Waals surface area contributed by atoms with Gasteiger partial charge in [0.05, 0.1) is 18.2 Å². The van der Waals surface area contributed by atoms with Crippen LogP contribution in [0.2, 0.25) is 0 Å². The maximum atomic E-state index is 12.8. The minimum Gasteiger partial charge on any atom is -0.390 e. The third-order valence-electron chi connectivity index (χ3n) is 5.10.